The normalized spacial score (nSPS) is 11.4. The molecular weight excluding hydrogens is 360 g/mol. The number of fused-ring (bicyclic) bond motifs is 3. The van der Waals surface area contributed by atoms with Crippen molar-refractivity contribution in [3.63, 3.8) is 0 Å². The fraction of sp³-hybridized carbons (Fsp3) is 0.150. The van der Waals surface area contributed by atoms with Gasteiger partial charge in [-0.3, -0.25) is 0 Å². The molecule has 0 amide bonds. The number of ether oxygens (including phenoxy) is 1. The van der Waals surface area contributed by atoms with Crippen LogP contribution in [0.2, 0.25) is 0 Å². The van der Waals surface area contributed by atoms with Gasteiger partial charge in [-0.25, -0.2) is 14.5 Å². The molecular formula is C20H16N4O2S. The van der Waals surface area contributed by atoms with Gasteiger partial charge in [0.25, 0.3) is 0 Å². The molecule has 1 aromatic carbocycles. The molecule has 0 spiro atoms. The van der Waals surface area contributed by atoms with Crippen LogP contribution in [0.25, 0.3) is 27.4 Å². The summed E-state index contributed by atoms with van der Waals surface area (Å²) in [6.07, 6.45) is 2.69. The van der Waals surface area contributed by atoms with Crippen molar-refractivity contribution in [1.82, 2.24) is 19.6 Å². The van der Waals surface area contributed by atoms with Gasteiger partial charge in [0.05, 0.1) is 5.39 Å². The van der Waals surface area contributed by atoms with Gasteiger partial charge in [-0.15, -0.1) is 16.4 Å². The second-order valence-electron chi connectivity index (χ2n) is 6.14. The third-order valence-corrected chi connectivity index (χ3v) is 5.22. The first-order valence-electron chi connectivity index (χ1n) is 8.69. The molecule has 0 aliphatic carbocycles. The molecule has 5 aromatic rings. The summed E-state index contributed by atoms with van der Waals surface area (Å²) < 4.78 is 13.4. The quantitative estimate of drug-likeness (QED) is 0.443. The zero-order valence-corrected chi connectivity index (χ0v) is 15.4. The molecule has 6 nitrogen and oxygen atoms in total. The average Bonchev–Trinajstić information content (AvgIpc) is 3.44. The third-order valence-electron chi connectivity index (χ3n) is 4.40. The van der Waals surface area contributed by atoms with Gasteiger partial charge < -0.3 is 9.15 Å². The second-order valence-corrected chi connectivity index (χ2v) is 7.03. The number of thiophene rings is 1. The summed E-state index contributed by atoms with van der Waals surface area (Å²) in [6.45, 7) is 2.49. The van der Waals surface area contributed by atoms with Crippen molar-refractivity contribution in [3.05, 3.63) is 65.5 Å². The van der Waals surface area contributed by atoms with Crippen molar-refractivity contribution in [3.8, 4) is 17.3 Å². The Balaban J connectivity index is 1.37. The largest absolute Gasteiger partial charge is 0.486 e. The predicted octanol–water partition coefficient (Wildman–Crippen LogP) is 4.74. The van der Waals surface area contributed by atoms with E-state index in [2.05, 4.69) is 34.1 Å². The second kappa shape index (κ2) is 6.51. The Labute approximate surface area is 159 Å². The van der Waals surface area contributed by atoms with Crippen LogP contribution in [0.1, 0.15) is 18.2 Å². The fourth-order valence-electron chi connectivity index (χ4n) is 2.92. The Hall–Kier alpha value is -3.19. The maximum atomic E-state index is 5.88. The van der Waals surface area contributed by atoms with Gasteiger partial charge in [0.2, 0.25) is 5.82 Å². The fourth-order valence-corrected chi connectivity index (χ4v) is 3.65. The molecule has 0 saturated carbocycles. The van der Waals surface area contributed by atoms with Crippen LogP contribution in [0, 0.1) is 0 Å². The number of aryl methyl sites for hydroxylation is 1. The molecule has 0 bridgehead atoms. The summed E-state index contributed by atoms with van der Waals surface area (Å²) >= 11 is 1.59. The first kappa shape index (κ1) is 16.0. The molecule has 7 heteroatoms. The topological polar surface area (TPSA) is 65.5 Å². The minimum atomic E-state index is 0.356. The zero-order chi connectivity index (χ0) is 18.2. The van der Waals surface area contributed by atoms with Crippen molar-refractivity contribution >= 4 is 27.2 Å². The van der Waals surface area contributed by atoms with Gasteiger partial charge >= 0.3 is 0 Å². The van der Waals surface area contributed by atoms with Crippen LogP contribution in [0.3, 0.4) is 0 Å². The SMILES string of the molecule is CCc1ccc(OCc2ccc(-c3nc4c5ccsc5ncn4n3)o2)cc1. The number of rotatable bonds is 5. The van der Waals surface area contributed by atoms with E-state index < -0.39 is 0 Å². The maximum absolute atomic E-state index is 5.88. The van der Waals surface area contributed by atoms with Crippen LogP contribution < -0.4 is 4.74 Å². The van der Waals surface area contributed by atoms with E-state index in [9.17, 15) is 0 Å². The molecule has 0 saturated heterocycles. The number of furan rings is 1. The summed E-state index contributed by atoms with van der Waals surface area (Å²) in [5.41, 5.74) is 2.07. The molecule has 5 rings (SSSR count). The number of aromatic nitrogens is 4. The van der Waals surface area contributed by atoms with Gasteiger partial charge in [0.1, 0.15) is 29.3 Å². The summed E-state index contributed by atoms with van der Waals surface area (Å²) in [5, 5.41) is 7.47. The molecule has 0 fully saturated rings. The molecule has 27 heavy (non-hydrogen) atoms. The molecule has 0 aliphatic rings. The monoisotopic (exact) mass is 376 g/mol. The van der Waals surface area contributed by atoms with Gasteiger partial charge in [0.15, 0.2) is 11.4 Å². The van der Waals surface area contributed by atoms with Crippen molar-refractivity contribution in [2.75, 3.05) is 0 Å². The molecule has 0 atom stereocenters. The van der Waals surface area contributed by atoms with Crippen LogP contribution in [-0.2, 0) is 13.0 Å². The average molecular weight is 376 g/mol. The van der Waals surface area contributed by atoms with Gasteiger partial charge in [-0.2, -0.15) is 0 Å². The highest BCUT2D eigenvalue weighted by atomic mass is 32.1. The van der Waals surface area contributed by atoms with E-state index in [1.807, 2.05) is 35.7 Å². The van der Waals surface area contributed by atoms with E-state index in [0.717, 1.165) is 33.8 Å². The lowest BCUT2D eigenvalue weighted by molar-refractivity contribution is 0.271. The smallest absolute Gasteiger partial charge is 0.217 e. The first-order valence-corrected chi connectivity index (χ1v) is 9.57. The zero-order valence-electron chi connectivity index (χ0n) is 14.6. The van der Waals surface area contributed by atoms with E-state index >= 15 is 0 Å². The molecule has 0 aliphatic heterocycles. The summed E-state index contributed by atoms with van der Waals surface area (Å²) in [7, 11) is 0. The van der Waals surface area contributed by atoms with E-state index in [-0.39, 0.29) is 0 Å². The van der Waals surface area contributed by atoms with Crippen LogP contribution >= 0.6 is 11.3 Å². The number of hydrogen-bond donors (Lipinski definition) is 0. The van der Waals surface area contributed by atoms with Crippen molar-refractivity contribution in [2.24, 2.45) is 0 Å². The molecule has 4 heterocycles. The Morgan fingerprint density at radius 2 is 2.00 bits per heavy atom. The van der Waals surface area contributed by atoms with E-state index in [4.69, 9.17) is 9.15 Å². The minimum absolute atomic E-state index is 0.356. The lowest BCUT2D eigenvalue weighted by Crippen LogP contribution is -1.93. The molecule has 4 aromatic heterocycles. The van der Waals surface area contributed by atoms with Crippen molar-refractivity contribution < 1.29 is 9.15 Å². The maximum Gasteiger partial charge on any atom is 0.217 e. The molecule has 0 N–H and O–H groups in total. The van der Waals surface area contributed by atoms with E-state index in [0.29, 0.717) is 18.2 Å². The highest BCUT2D eigenvalue weighted by Crippen LogP contribution is 2.25. The summed E-state index contributed by atoms with van der Waals surface area (Å²) in [5.74, 6) is 2.69. The van der Waals surface area contributed by atoms with Crippen LogP contribution in [0.15, 0.2) is 58.6 Å². The van der Waals surface area contributed by atoms with Crippen LogP contribution in [0.5, 0.6) is 5.75 Å². The lowest BCUT2D eigenvalue weighted by Gasteiger charge is -2.04. The molecule has 0 radical (unpaired) electrons. The third kappa shape index (κ3) is 2.96. The summed E-state index contributed by atoms with van der Waals surface area (Å²) in [4.78, 5) is 9.95. The standard InChI is InChI=1S/C20H16N4O2S/c1-2-13-3-5-14(6-4-13)25-11-15-7-8-17(26-15)18-22-19-16-9-10-27-20(16)21-12-24(19)23-18/h3-10,12H,2,11H2,1H3. The summed E-state index contributed by atoms with van der Waals surface area (Å²) in [6, 6.07) is 13.9. The Kier molecular flexibility index (Phi) is 3.86. The molecule has 0 unspecified atom stereocenters. The van der Waals surface area contributed by atoms with Crippen molar-refractivity contribution in [2.45, 2.75) is 20.0 Å². The Morgan fingerprint density at radius 3 is 2.85 bits per heavy atom. The van der Waals surface area contributed by atoms with Crippen LogP contribution in [0.4, 0.5) is 0 Å². The van der Waals surface area contributed by atoms with Gasteiger partial charge in [-0.1, -0.05) is 19.1 Å². The Morgan fingerprint density at radius 1 is 1.11 bits per heavy atom. The predicted molar refractivity (Wildman–Crippen MR) is 104 cm³/mol. The molecule has 134 valence electrons. The Bertz CT molecular complexity index is 1220. The van der Waals surface area contributed by atoms with Gasteiger partial charge in [-0.05, 0) is 47.7 Å². The van der Waals surface area contributed by atoms with Crippen LogP contribution in [-0.4, -0.2) is 19.6 Å². The van der Waals surface area contributed by atoms with Crippen molar-refractivity contribution in [1.29, 1.82) is 0 Å². The number of benzene rings is 1. The number of hydrogen-bond acceptors (Lipinski definition) is 6. The first-order chi connectivity index (χ1) is 13.3. The van der Waals surface area contributed by atoms with Gasteiger partial charge in [0, 0.05) is 0 Å². The highest BCUT2D eigenvalue weighted by Gasteiger charge is 2.14. The number of nitrogens with zero attached hydrogens (tertiary/aromatic N) is 4. The minimum Gasteiger partial charge on any atom is -0.486 e. The van der Waals surface area contributed by atoms with E-state index in [1.54, 1.807) is 22.2 Å². The highest BCUT2D eigenvalue weighted by molar-refractivity contribution is 7.16. The lowest BCUT2D eigenvalue weighted by atomic mass is 10.2. The van der Waals surface area contributed by atoms with E-state index in [1.165, 1.54) is 5.56 Å².